The number of halogens is 2. The van der Waals surface area contributed by atoms with Crippen molar-refractivity contribution in [1.29, 1.82) is 0 Å². The minimum absolute atomic E-state index is 0.194. The lowest BCUT2D eigenvalue weighted by Gasteiger charge is -2.04. The molecule has 6 heteroatoms. The van der Waals surface area contributed by atoms with Gasteiger partial charge < -0.3 is 5.11 Å². The second kappa shape index (κ2) is 4.83. The lowest BCUT2D eigenvalue weighted by Crippen LogP contribution is -1.92. The second-order valence-electron chi connectivity index (χ2n) is 2.60. The summed E-state index contributed by atoms with van der Waals surface area (Å²) in [6.07, 6.45) is 0.312. The molecule has 74 valence electrons. The molecule has 0 saturated heterocycles. The molecular formula is C8H7BrFN3O. The van der Waals surface area contributed by atoms with Crippen LogP contribution in [-0.4, -0.2) is 11.7 Å². The fourth-order valence-electron chi connectivity index (χ4n) is 1.03. The molecule has 0 aromatic heterocycles. The molecule has 1 aromatic rings. The van der Waals surface area contributed by atoms with Gasteiger partial charge >= 0.3 is 0 Å². The van der Waals surface area contributed by atoms with E-state index in [2.05, 4.69) is 26.0 Å². The molecular weight excluding hydrogens is 253 g/mol. The minimum Gasteiger partial charge on any atom is -0.505 e. The van der Waals surface area contributed by atoms with Crippen molar-refractivity contribution in [1.82, 2.24) is 0 Å². The van der Waals surface area contributed by atoms with Crippen LogP contribution >= 0.6 is 15.9 Å². The summed E-state index contributed by atoms with van der Waals surface area (Å²) < 4.78 is 13.5. The molecule has 0 fully saturated rings. The summed E-state index contributed by atoms with van der Waals surface area (Å²) >= 11 is 3.10. The molecule has 4 nitrogen and oxygen atoms in total. The van der Waals surface area contributed by atoms with E-state index < -0.39 is 5.82 Å². The van der Waals surface area contributed by atoms with Crippen LogP contribution in [-0.2, 0) is 6.42 Å². The monoisotopic (exact) mass is 259 g/mol. The van der Waals surface area contributed by atoms with Gasteiger partial charge in [-0.25, -0.2) is 4.39 Å². The van der Waals surface area contributed by atoms with Crippen molar-refractivity contribution in [2.75, 3.05) is 6.54 Å². The van der Waals surface area contributed by atoms with Gasteiger partial charge in [0.05, 0.1) is 0 Å². The molecule has 1 N–H and O–H groups in total. The highest BCUT2D eigenvalue weighted by molar-refractivity contribution is 9.10. The van der Waals surface area contributed by atoms with E-state index in [0.29, 0.717) is 16.5 Å². The molecule has 0 aliphatic rings. The first-order chi connectivity index (χ1) is 6.65. The van der Waals surface area contributed by atoms with Crippen molar-refractivity contribution >= 4 is 15.9 Å². The zero-order valence-electron chi connectivity index (χ0n) is 7.11. The molecule has 0 amide bonds. The Morgan fingerprint density at radius 3 is 2.93 bits per heavy atom. The standard InChI is InChI=1S/C8H7BrFN3O/c9-6-3-5(1-2-12-13-11)8(14)7(10)4-6/h3-4,14H,1-2H2. The Labute approximate surface area is 88.1 Å². The molecule has 1 aromatic carbocycles. The van der Waals surface area contributed by atoms with Gasteiger partial charge in [-0.2, -0.15) is 0 Å². The summed E-state index contributed by atoms with van der Waals surface area (Å²) in [5.74, 6) is -1.07. The van der Waals surface area contributed by atoms with Crippen LogP contribution in [0.5, 0.6) is 5.75 Å². The molecule has 0 bridgehead atoms. The normalized spacial score (nSPS) is 9.57. The van der Waals surface area contributed by atoms with E-state index in [9.17, 15) is 9.50 Å². The van der Waals surface area contributed by atoms with Crippen LogP contribution in [0.1, 0.15) is 5.56 Å². The van der Waals surface area contributed by atoms with Crippen LogP contribution in [0, 0.1) is 5.82 Å². The van der Waals surface area contributed by atoms with Crippen LogP contribution in [0.3, 0.4) is 0 Å². The number of phenolic OH excluding ortho intramolecular Hbond substituents is 1. The molecule has 0 aliphatic heterocycles. The van der Waals surface area contributed by atoms with Crippen molar-refractivity contribution < 1.29 is 9.50 Å². The molecule has 1 rings (SSSR count). The van der Waals surface area contributed by atoms with E-state index in [0.717, 1.165) is 0 Å². The van der Waals surface area contributed by atoms with Gasteiger partial charge in [-0.3, -0.25) is 0 Å². The summed E-state index contributed by atoms with van der Waals surface area (Å²) in [6.45, 7) is 0.194. The van der Waals surface area contributed by atoms with Crippen LogP contribution in [0.15, 0.2) is 21.7 Å². The highest BCUT2D eigenvalue weighted by atomic mass is 79.9. The zero-order chi connectivity index (χ0) is 10.6. The first-order valence-electron chi connectivity index (χ1n) is 3.83. The highest BCUT2D eigenvalue weighted by Gasteiger charge is 2.07. The summed E-state index contributed by atoms with van der Waals surface area (Å²) in [5.41, 5.74) is 8.46. The van der Waals surface area contributed by atoms with Crippen molar-refractivity contribution in [3.8, 4) is 5.75 Å². The van der Waals surface area contributed by atoms with E-state index in [1.807, 2.05) is 0 Å². The Bertz CT molecular complexity index is 390. The van der Waals surface area contributed by atoms with E-state index in [1.165, 1.54) is 6.07 Å². The maximum atomic E-state index is 13.0. The van der Waals surface area contributed by atoms with Crippen molar-refractivity contribution in [3.05, 3.63) is 38.4 Å². The predicted molar refractivity (Wildman–Crippen MR) is 53.5 cm³/mol. The molecule has 0 aliphatic carbocycles. The number of rotatable bonds is 3. The lowest BCUT2D eigenvalue weighted by atomic mass is 10.1. The maximum absolute atomic E-state index is 13.0. The fraction of sp³-hybridized carbons (Fsp3) is 0.250. The molecule has 0 saturated carbocycles. The fourth-order valence-corrected chi connectivity index (χ4v) is 1.50. The van der Waals surface area contributed by atoms with Crippen LogP contribution in [0.4, 0.5) is 4.39 Å². The second-order valence-corrected chi connectivity index (χ2v) is 3.52. The van der Waals surface area contributed by atoms with E-state index in [-0.39, 0.29) is 12.3 Å². The van der Waals surface area contributed by atoms with Crippen LogP contribution in [0.2, 0.25) is 0 Å². The van der Waals surface area contributed by atoms with E-state index in [4.69, 9.17) is 5.53 Å². The highest BCUT2D eigenvalue weighted by Crippen LogP contribution is 2.26. The van der Waals surface area contributed by atoms with Crippen LogP contribution < -0.4 is 0 Å². The minimum atomic E-state index is -0.685. The Kier molecular flexibility index (Phi) is 3.73. The number of hydrogen-bond acceptors (Lipinski definition) is 2. The SMILES string of the molecule is [N-]=[N+]=NCCc1cc(Br)cc(F)c1O. The number of benzene rings is 1. The molecule has 0 spiro atoms. The summed E-state index contributed by atoms with van der Waals surface area (Å²) in [7, 11) is 0. The first kappa shape index (κ1) is 10.8. The quantitative estimate of drug-likeness (QED) is 0.506. The third kappa shape index (κ3) is 2.61. The number of aromatic hydroxyl groups is 1. The number of azide groups is 1. The summed E-state index contributed by atoms with van der Waals surface area (Å²) in [5, 5.41) is 12.6. The summed E-state index contributed by atoms with van der Waals surface area (Å²) in [6, 6.07) is 2.76. The van der Waals surface area contributed by atoms with Gasteiger partial charge in [0, 0.05) is 15.9 Å². The van der Waals surface area contributed by atoms with Crippen molar-refractivity contribution in [2.45, 2.75) is 6.42 Å². The van der Waals surface area contributed by atoms with Gasteiger partial charge in [0.15, 0.2) is 11.6 Å². The van der Waals surface area contributed by atoms with Gasteiger partial charge in [-0.15, -0.1) is 0 Å². The van der Waals surface area contributed by atoms with Gasteiger partial charge in [0.2, 0.25) is 0 Å². The van der Waals surface area contributed by atoms with E-state index in [1.54, 1.807) is 6.07 Å². The lowest BCUT2D eigenvalue weighted by molar-refractivity contribution is 0.425. The molecule has 0 radical (unpaired) electrons. The predicted octanol–water partition coefficient (Wildman–Crippen LogP) is 3.15. The third-order valence-electron chi connectivity index (χ3n) is 1.65. The Morgan fingerprint density at radius 1 is 1.57 bits per heavy atom. The van der Waals surface area contributed by atoms with E-state index >= 15 is 0 Å². The Balaban J connectivity index is 2.90. The van der Waals surface area contributed by atoms with Gasteiger partial charge in [0.1, 0.15) is 0 Å². The Morgan fingerprint density at radius 2 is 2.29 bits per heavy atom. The van der Waals surface area contributed by atoms with Gasteiger partial charge in [-0.1, -0.05) is 21.0 Å². The number of hydrogen-bond donors (Lipinski definition) is 1. The largest absolute Gasteiger partial charge is 0.505 e. The molecule has 0 heterocycles. The van der Waals surface area contributed by atoms with Crippen LogP contribution in [0.25, 0.3) is 10.4 Å². The third-order valence-corrected chi connectivity index (χ3v) is 2.11. The smallest absolute Gasteiger partial charge is 0.166 e. The average molecular weight is 260 g/mol. The molecule has 0 atom stereocenters. The summed E-state index contributed by atoms with van der Waals surface area (Å²) in [4.78, 5) is 2.56. The molecule has 0 unspecified atom stereocenters. The number of nitrogens with zero attached hydrogens (tertiary/aromatic N) is 3. The number of phenols is 1. The maximum Gasteiger partial charge on any atom is 0.166 e. The first-order valence-corrected chi connectivity index (χ1v) is 4.62. The van der Waals surface area contributed by atoms with Crippen molar-refractivity contribution in [3.63, 3.8) is 0 Å². The molecule has 14 heavy (non-hydrogen) atoms. The topological polar surface area (TPSA) is 69.0 Å². The van der Waals surface area contributed by atoms with Gasteiger partial charge in [0.25, 0.3) is 0 Å². The zero-order valence-corrected chi connectivity index (χ0v) is 8.70. The Hall–Kier alpha value is -1.26. The van der Waals surface area contributed by atoms with Gasteiger partial charge in [-0.05, 0) is 29.6 Å². The van der Waals surface area contributed by atoms with Crippen molar-refractivity contribution in [2.24, 2.45) is 5.11 Å². The average Bonchev–Trinajstić information content (AvgIpc) is 2.13.